The summed E-state index contributed by atoms with van der Waals surface area (Å²) in [5.41, 5.74) is 0. The number of carbonyl (C=O) groups is 1. The number of urea groups is 1. The fourth-order valence-corrected chi connectivity index (χ4v) is 4.52. The lowest BCUT2D eigenvalue weighted by Gasteiger charge is -2.32. The van der Waals surface area contributed by atoms with Crippen LogP contribution in [0.25, 0.3) is 0 Å². The van der Waals surface area contributed by atoms with E-state index in [-0.39, 0.29) is 6.03 Å². The monoisotopic (exact) mass is 222 g/mol. The molecule has 0 aromatic heterocycles. The van der Waals surface area contributed by atoms with Crippen molar-refractivity contribution in [1.29, 1.82) is 0 Å². The molecule has 0 radical (unpaired) electrons. The van der Waals surface area contributed by atoms with Crippen molar-refractivity contribution in [1.82, 2.24) is 10.2 Å². The summed E-state index contributed by atoms with van der Waals surface area (Å²) in [6.45, 7) is 0. The second-order valence-electron chi connectivity index (χ2n) is 6.10. The van der Waals surface area contributed by atoms with Crippen LogP contribution in [0.5, 0.6) is 0 Å². The molecule has 0 unspecified atom stereocenters. The van der Waals surface area contributed by atoms with Gasteiger partial charge in [-0.2, -0.15) is 0 Å². The third-order valence-electron chi connectivity index (χ3n) is 5.14. The second kappa shape index (κ2) is 3.64. The molecule has 3 aliphatic carbocycles. The Balaban J connectivity index is 1.66. The number of amides is 2. The van der Waals surface area contributed by atoms with E-state index in [4.69, 9.17) is 0 Å². The van der Waals surface area contributed by atoms with E-state index in [9.17, 15) is 4.79 Å². The molecule has 0 aromatic carbocycles. The van der Waals surface area contributed by atoms with E-state index in [1.165, 1.54) is 32.1 Å². The van der Waals surface area contributed by atoms with Crippen LogP contribution < -0.4 is 5.32 Å². The normalized spacial score (nSPS) is 44.5. The van der Waals surface area contributed by atoms with E-state index in [0.29, 0.717) is 6.04 Å². The van der Waals surface area contributed by atoms with E-state index < -0.39 is 0 Å². The van der Waals surface area contributed by atoms with Crippen molar-refractivity contribution >= 4 is 6.03 Å². The molecule has 3 aliphatic rings. The predicted octanol–water partition coefficient (Wildman–Crippen LogP) is 2.08. The van der Waals surface area contributed by atoms with Gasteiger partial charge in [0.05, 0.1) is 0 Å². The van der Waals surface area contributed by atoms with Crippen molar-refractivity contribution in [2.75, 3.05) is 14.1 Å². The molecule has 16 heavy (non-hydrogen) atoms. The molecule has 0 aromatic rings. The van der Waals surface area contributed by atoms with Crippen molar-refractivity contribution in [3.63, 3.8) is 0 Å². The summed E-state index contributed by atoms with van der Waals surface area (Å²) in [5.74, 6) is 3.66. The predicted molar refractivity (Wildman–Crippen MR) is 63.1 cm³/mol. The topological polar surface area (TPSA) is 32.3 Å². The fraction of sp³-hybridized carbons (Fsp3) is 0.923. The van der Waals surface area contributed by atoms with E-state index in [1.807, 2.05) is 14.1 Å². The van der Waals surface area contributed by atoms with Crippen molar-refractivity contribution in [3.8, 4) is 0 Å². The minimum Gasteiger partial charge on any atom is -0.335 e. The highest BCUT2D eigenvalue weighted by atomic mass is 16.2. The van der Waals surface area contributed by atoms with Crippen LogP contribution in [0.15, 0.2) is 0 Å². The van der Waals surface area contributed by atoms with Gasteiger partial charge in [-0.25, -0.2) is 4.79 Å². The van der Waals surface area contributed by atoms with Gasteiger partial charge in [0.15, 0.2) is 0 Å². The van der Waals surface area contributed by atoms with Crippen molar-refractivity contribution in [3.05, 3.63) is 0 Å². The second-order valence-corrected chi connectivity index (χ2v) is 6.10. The quantitative estimate of drug-likeness (QED) is 0.724. The summed E-state index contributed by atoms with van der Waals surface area (Å²) >= 11 is 0. The summed E-state index contributed by atoms with van der Waals surface area (Å²) in [7, 11) is 3.64. The Morgan fingerprint density at radius 1 is 1.12 bits per heavy atom. The summed E-state index contributed by atoms with van der Waals surface area (Å²) < 4.78 is 0. The number of carbonyl (C=O) groups excluding carboxylic acids is 1. The number of hydrogen-bond acceptors (Lipinski definition) is 1. The van der Waals surface area contributed by atoms with E-state index in [2.05, 4.69) is 5.32 Å². The highest BCUT2D eigenvalue weighted by molar-refractivity contribution is 5.73. The lowest BCUT2D eigenvalue weighted by Crippen LogP contribution is -2.46. The molecule has 3 rings (SSSR count). The zero-order valence-electron chi connectivity index (χ0n) is 10.3. The lowest BCUT2D eigenvalue weighted by atomic mass is 9.79. The molecule has 0 heterocycles. The van der Waals surface area contributed by atoms with Crippen LogP contribution in [0.2, 0.25) is 0 Å². The van der Waals surface area contributed by atoms with Gasteiger partial charge >= 0.3 is 6.03 Å². The Morgan fingerprint density at radius 2 is 1.88 bits per heavy atom. The zero-order chi connectivity index (χ0) is 11.3. The summed E-state index contributed by atoms with van der Waals surface area (Å²) in [5, 5.41) is 3.21. The minimum atomic E-state index is 0.0899. The van der Waals surface area contributed by atoms with Crippen molar-refractivity contribution < 1.29 is 4.79 Å². The molecule has 1 N–H and O–H groups in total. The van der Waals surface area contributed by atoms with Crippen LogP contribution in [0, 0.1) is 23.7 Å². The summed E-state index contributed by atoms with van der Waals surface area (Å²) in [6, 6.07) is 0.561. The van der Waals surface area contributed by atoms with Crippen LogP contribution in [0.4, 0.5) is 4.79 Å². The molecule has 3 fully saturated rings. The van der Waals surface area contributed by atoms with Gasteiger partial charge in [-0.15, -0.1) is 0 Å². The molecule has 5 atom stereocenters. The molecule has 0 aliphatic heterocycles. The molecule has 0 saturated heterocycles. The van der Waals surface area contributed by atoms with Crippen LogP contribution in [0.1, 0.15) is 32.1 Å². The van der Waals surface area contributed by atoms with Gasteiger partial charge in [0.25, 0.3) is 0 Å². The average molecular weight is 222 g/mol. The average Bonchev–Trinajstić information content (AvgIpc) is 2.87. The Hall–Kier alpha value is -0.730. The van der Waals surface area contributed by atoms with Crippen LogP contribution in [0.3, 0.4) is 0 Å². The molecule has 3 nitrogen and oxygen atoms in total. The minimum absolute atomic E-state index is 0.0899. The largest absolute Gasteiger partial charge is 0.335 e. The first-order chi connectivity index (χ1) is 7.66. The standard InChI is InChI=1S/C13H22N2O/c1-15(2)13(16)14-12-7-8-6-11(12)10-5-3-4-9(8)10/h8-12H,3-7H2,1-2H3,(H,14,16)/t8-,9-,10-,11+,12-/m0/s1. The van der Waals surface area contributed by atoms with Gasteiger partial charge in [0.1, 0.15) is 0 Å². The third-order valence-corrected chi connectivity index (χ3v) is 5.14. The van der Waals surface area contributed by atoms with Crippen molar-refractivity contribution in [2.24, 2.45) is 23.7 Å². The van der Waals surface area contributed by atoms with Gasteiger partial charge in [-0.1, -0.05) is 6.42 Å². The summed E-state index contributed by atoms with van der Waals surface area (Å²) in [6.07, 6.45) is 6.93. The van der Waals surface area contributed by atoms with Crippen LogP contribution in [-0.2, 0) is 0 Å². The van der Waals surface area contributed by atoms with Gasteiger partial charge in [-0.3, -0.25) is 0 Å². The number of hydrogen-bond donors (Lipinski definition) is 1. The highest BCUT2D eigenvalue weighted by Crippen LogP contribution is 2.58. The Labute approximate surface area is 97.6 Å². The van der Waals surface area contributed by atoms with Gasteiger partial charge in [0.2, 0.25) is 0 Å². The first-order valence-electron chi connectivity index (χ1n) is 6.64. The lowest BCUT2D eigenvalue weighted by molar-refractivity contribution is 0.184. The first-order valence-corrected chi connectivity index (χ1v) is 6.64. The maximum absolute atomic E-state index is 11.7. The van der Waals surface area contributed by atoms with Crippen molar-refractivity contribution in [2.45, 2.75) is 38.1 Å². The molecule has 0 spiro atoms. The number of fused-ring (bicyclic) bond motifs is 5. The Kier molecular flexibility index (Phi) is 2.37. The molecule has 2 bridgehead atoms. The Morgan fingerprint density at radius 3 is 2.62 bits per heavy atom. The smallest absolute Gasteiger partial charge is 0.317 e. The van der Waals surface area contributed by atoms with Crippen LogP contribution in [-0.4, -0.2) is 31.1 Å². The van der Waals surface area contributed by atoms with Gasteiger partial charge in [0, 0.05) is 20.1 Å². The Bertz CT molecular complexity index is 302. The number of rotatable bonds is 1. The maximum atomic E-state index is 11.7. The molecular formula is C13H22N2O. The van der Waals surface area contributed by atoms with Crippen LogP contribution >= 0.6 is 0 Å². The van der Waals surface area contributed by atoms with Gasteiger partial charge < -0.3 is 10.2 Å². The van der Waals surface area contributed by atoms with E-state index in [1.54, 1.807) is 4.90 Å². The van der Waals surface area contributed by atoms with Gasteiger partial charge in [-0.05, 0) is 49.4 Å². The SMILES string of the molecule is CN(C)C(=O)N[C@H]1C[C@@H]2C[C@@H]1[C@H]1CCC[C@@H]21. The fourth-order valence-electron chi connectivity index (χ4n) is 4.52. The summed E-state index contributed by atoms with van der Waals surface area (Å²) in [4.78, 5) is 13.3. The van der Waals surface area contributed by atoms with E-state index in [0.717, 1.165) is 23.7 Å². The maximum Gasteiger partial charge on any atom is 0.317 e. The zero-order valence-corrected chi connectivity index (χ0v) is 10.3. The molecule has 3 saturated carbocycles. The highest BCUT2D eigenvalue weighted by Gasteiger charge is 2.54. The number of nitrogens with zero attached hydrogens (tertiary/aromatic N) is 1. The molecule has 90 valence electrons. The number of nitrogens with one attached hydrogen (secondary N) is 1. The third kappa shape index (κ3) is 1.44. The molecule has 2 amide bonds. The first kappa shape index (κ1) is 10.4. The van der Waals surface area contributed by atoms with E-state index >= 15 is 0 Å². The molecular weight excluding hydrogens is 200 g/mol. The molecule has 3 heteroatoms.